The highest BCUT2D eigenvalue weighted by atomic mass is 32.2. The van der Waals surface area contributed by atoms with Crippen molar-refractivity contribution in [2.24, 2.45) is 0 Å². The minimum Gasteiger partial charge on any atom is -0.212 e. The molecule has 1 N–H and O–H groups in total. The van der Waals surface area contributed by atoms with E-state index in [9.17, 15) is 8.42 Å². The molecule has 3 aromatic rings. The number of benzene rings is 3. The monoisotopic (exact) mass is 335 g/mol. The largest absolute Gasteiger partial charge is 0.216 e. The summed E-state index contributed by atoms with van der Waals surface area (Å²) >= 11 is 0. The number of hydrogen-bond donors (Lipinski definition) is 1. The summed E-state index contributed by atoms with van der Waals surface area (Å²) in [6.07, 6.45) is 0. The predicted molar refractivity (Wildman–Crippen MR) is 96.8 cm³/mol. The van der Waals surface area contributed by atoms with Crippen molar-refractivity contribution in [1.29, 1.82) is 0 Å². The van der Waals surface area contributed by atoms with E-state index in [1.165, 1.54) is 5.56 Å². The van der Waals surface area contributed by atoms with E-state index in [-0.39, 0.29) is 5.75 Å². The van der Waals surface area contributed by atoms with Gasteiger partial charge in [-0.3, -0.25) is 0 Å². The van der Waals surface area contributed by atoms with Crippen LogP contribution in [0.5, 0.6) is 0 Å². The molecule has 0 radical (unpaired) electrons. The molecule has 0 bridgehead atoms. The zero-order valence-electron chi connectivity index (χ0n) is 13.1. The minimum absolute atomic E-state index is 0.0406. The van der Waals surface area contributed by atoms with Crippen LogP contribution < -0.4 is 4.72 Å². The fraction of sp³-hybridized carbons (Fsp3) is 0.100. The summed E-state index contributed by atoms with van der Waals surface area (Å²) < 4.78 is 26.4. The number of nitrogens with one attached hydrogen (secondary N) is 1. The quantitative estimate of drug-likeness (QED) is 0.771. The SMILES string of the molecule is O=S1(=O)Cc2c(cccc2-c2ccc(-c3ccccc3)cc2)CN1. The lowest BCUT2D eigenvalue weighted by Crippen LogP contribution is -2.30. The van der Waals surface area contributed by atoms with Crippen molar-refractivity contribution in [2.45, 2.75) is 12.3 Å². The van der Waals surface area contributed by atoms with Gasteiger partial charge in [-0.1, -0.05) is 72.8 Å². The third-order valence-electron chi connectivity index (χ3n) is 4.39. The summed E-state index contributed by atoms with van der Waals surface area (Å²) in [7, 11) is -3.23. The van der Waals surface area contributed by atoms with Gasteiger partial charge in [0.2, 0.25) is 10.0 Å². The molecular weight excluding hydrogens is 318 g/mol. The van der Waals surface area contributed by atoms with Crippen LogP contribution >= 0.6 is 0 Å². The number of rotatable bonds is 2. The fourth-order valence-electron chi connectivity index (χ4n) is 3.14. The number of hydrogen-bond acceptors (Lipinski definition) is 2. The number of sulfonamides is 1. The first-order valence-electron chi connectivity index (χ1n) is 7.86. The van der Waals surface area contributed by atoms with E-state index < -0.39 is 10.0 Å². The third-order valence-corrected chi connectivity index (χ3v) is 5.65. The molecule has 24 heavy (non-hydrogen) atoms. The van der Waals surface area contributed by atoms with Gasteiger partial charge in [-0.05, 0) is 33.4 Å². The summed E-state index contributed by atoms with van der Waals surface area (Å²) in [5.74, 6) is 0.0406. The first-order valence-corrected chi connectivity index (χ1v) is 9.52. The van der Waals surface area contributed by atoms with Crippen LogP contribution in [0.25, 0.3) is 22.3 Å². The van der Waals surface area contributed by atoms with Gasteiger partial charge in [0.25, 0.3) is 0 Å². The Hall–Kier alpha value is -2.43. The summed E-state index contributed by atoms with van der Waals surface area (Å²) in [5, 5.41) is 0. The Bertz CT molecular complexity index is 978. The highest BCUT2D eigenvalue weighted by molar-refractivity contribution is 7.88. The molecule has 4 heteroatoms. The van der Waals surface area contributed by atoms with Crippen molar-refractivity contribution in [1.82, 2.24) is 4.72 Å². The molecule has 0 atom stereocenters. The van der Waals surface area contributed by atoms with E-state index in [2.05, 4.69) is 41.1 Å². The van der Waals surface area contributed by atoms with Gasteiger partial charge in [0.15, 0.2) is 0 Å². The van der Waals surface area contributed by atoms with Crippen LogP contribution in [0.1, 0.15) is 11.1 Å². The smallest absolute Gasteiger partial charge is 0.212 e. The minimum atomic E-state index is -3.23. The lowest BCUT2D eigenvalue weighted by molar-refractivity contribution is 0.576. The van der Waals surface area contributed by atoms with Crippen molar-refractivity contribution in [3.8, 4) is 22.3 Å². The molecule has 4 rings (SSSR count). The van der Waals surface area contributed by atoms with Gasteiger partial charge >= 0.3 is 0 Å². The molecular formula is C20H17NO2S. The Labute approximate surface area is 142 Å². The summed E-state index contributed by atoms with van der Waals surface area (Å²) in [6.45, 7) is 0.369. The molecule has 1 aliphatic heterocycles. The lowest BCUT2D eigenvalue weighted by Gasteiger charge is -2.20. The van der Waals surface area contributed by atoms with Crippen molar-refractivity contribution < 1.29 is 8.42 Å². The molecule has 1 heterocycles. The van der Waals surface area contributed by atoms with Gasteiger partial charge in [0.1, 0.15) is 0 Å². The van der Waals surface area contributed by atoms with Crippen molar-refractivity contribution in [3.63, 3.8) is 0 Å². The van der Waals surface area contributed by atoms with E-state index in [4.69, 9.17) is 0 Å². The lowest BCUT2D eigenvalue weighted by atomic mass is 9.94. The van der Waals surface area contributed by atoms with Crippen LogP contribution in [0.2, 0.25) is 0 Å². The Morgan fingerprint density at radius 3 is 2.12 bits per heavy atom. The Morgan fingerprint density at radius 2 is 1.38 bits per heavy atom. The predicted octanol–water partition coefficient (Wildman–Crippen LogP) is 3.95. The van der Waals surface area contributed by atoms with E-state index in [1.807, 2.05) is 36.4 Å². The summed E-state index contributed by atoms with van der Waals surface area (Å²) in [4.78, 5) is 0. The topological polar surface area (TPSA) is 46.2 Å². The summed E-state index contributed by atoms with van der Waals surface area (Å²) in [6, 6.07) is 24.5. The molecule has 0 aliphatic carbocycles. The van der Waals surface area contributed by atoms with Crippen molar-refractivity contribution >= 4 is 10.0 Å². The van der Waals surface area contributed by atoms with Gasteiger partial charge in [-0.2, -0.15) is 0 Å². The van der Waals surface area contributed by atoms with Gasteiger partial charge in [-0.15, -0.1) is 0 Å². The average Bonchev–Trinajstić information content (AvgIpc) is 2.61. The Balaban J connectivity index is 1.75. The molecule has 0 saturated carbocycles. The zero-order valence-corrected chi connectivity index (χ0v) is 13.9. The van der Waals surface area contributed by atoms with E-state index in [1.54, 1.807) is 0 Å². The van der Waals surface area contributed by atoms with Crippen LogP contribution in [0.4, 0.5) is 0 Å². The molecule has 0 fully saturated rings. The highest BCUT2D eigenvalue weighted by Crippen LogP contribution is 2.31. The molecule has 0 unspecified atom stereocenters. The first kappa shape index (κ1) is 15.1. The van der Waals surface area contributed by atoms with Crippen molar-refractivity contribution in [2.75, 3.05) is 0 Å². The maximum atomic E-state index is 11.9. The second-order valence-electron chi connectivity index (χ2n) is 5.97. The normalized spacial score (nSPS) is 15.7. The molecule has 3 nitrogen and oxygen atoms in total. The van der Waals surface area contributed by atoms with Crippen LogP contribution in [0.3, 0.4) is 0 Å². The zero-order chi connectivity index (χ0) is 16.6. The molecule has 0 aromatic heterocycles. The molecule has 0 saturated heterocycles. The molecule has 3 aromatic carbocycles. The van der Waals surface area contributed by atoms with E-state index in [0.717, 1.165) is 27.8 Å². The highest BCUT2D eigenvalue weighted by Gasteiger charge is 2.23. The standard InChI is InChI=1S/C20H17NO2S/c22-24(23)14-20-18(13-21-24)7-4-8-19(20)17-11-9-16(10-12-17)15-5-2-1-3-6-15/h1-12,21H,13-14H2. The first-order chi connectivity index (χ1) is 11.6. The van der Waals surface area contributed by atoms with Gasteiger partial charge in [-0.25, -0.2) is 13.1 Å². The maximum absolute atomic E-state index is 11.9. The molecule has 0 spiro atoms. The van der Waals surface area contributed by atoms with Crippen LogP contribution in [-0.4, -0.2) is 8.42 Å². The second-order valence-corrected chi connectivity index (χ2v) is 7.77. The molecule has 0 amide bonds. The van der Waals surface area contributed by atoms with Gasteiger partial charge < -0.3 is 0 Å². The van der Waals surface area contributed by atoms with Gasteiger partial charge in [0.05, 0.1) is 5.75 Å². The molecule has 1 aliphatic rings. The van der Waals surface area contributed by atoms with E-state index >= 15 is 0 Å². The maximum Gasteiger partial charge on any atom is 0.216 e. The van der Waals surface area contributed by atoms with E-state index in [0.29, 0.717) is 6.54 Å². The third kappa shape index (κ3) is 2.86. The fourth-order valence-corrected chi connectivity index (χ4v) is 4.34. The Kier molecular flexibility index (Phi) is 3.71. The summed E-state index contributed by atoms with van der Waals surface area (Å²) in [5.41, 5.74) is 6.32. The Morgan fingerprint density at radius 1 is 0.708 bits per heavy atom. The average molecular weight is 335 g/mol. The number of fused-ring (bicyclic) bond motifs is 1. The van der Waals surface area contributed by atoms with Crippen molar-refractivity contribution in [3.05, 3.63) is 83.9 Å². The van der Waals surface area contributed by atoms with Gasteiger partial charge in [0, 0.05) is 6.54 Å². The van der Waals surface area contributed by atoms with Crippen LogP contribution in [0, 0.1) is 0 Å². The second kappa shape index (κ2) is 5.89. The van der Waals surface area contributed by atoms with Crippen LogP contribution in [-0.2, 0) is 22.3 Å². The molecule has 120 valence electrons. The van der Waals surface area contributed by atoms with Crippen LogP contribution in [0.15, 0.2) is 72.8 Å².